The van der Waals surface area contributed by atoms with Gasteiger partial charge in [-0.2, -0.15) is 0 Å². The molecule has 0 N–H and O–H groups in total. The van der Waals surface area contributed by atoms with E-state index in [1.807, 2.05) is 37.3 Å². The summed E-state index contributed by atoms with van der Waals surface area (Å²) in [5.41, 5.74) is 1.86. The first-order chi connectivity index (χ1) is 8.81. The van der Waals surface area contributed by atoms with Crippen molar-refractivity contribution in [2.24, 2.45) is 4.99 Å². The first-order valence-corrected chi connectivity index (χ1v) is 5.73. The predicted molar refractivity (Wildman–Crippen MR) is 71.0 cm³/mol. The van der Waals surface area contributed by atoms with Crippen molar-refractivity contribution in [1.82, 2.24) is 9.97 Å². The van der Waals surface area contributed by atoms with E-state index in [2.05, 4.69) is 15.0 Å². The second-order valence-corrected chi connectivity index (χ2v) is 3.83. The van der Waals surface area contributed by atoms with Crippen LogP contribution in [0.25, 0.3) is 0 Å². The van der Waals surface area contributed by atoms with Crippen LogP contribution in [-0.4, -0.2) is 23.3 Å². The van der Waals surface area contributed by atoms with Gasteiger partial charge in [-0.1, -0.05) is 18.2 Å². The van der Waals surface area contributed by atoms with Gasteiger partial charge in [0.1, 0.15) is 12.1 Å². The zero-order valence-corrected chi connectivity index (χ0v) is 10.4. The molecule has 2 rings (SSSR count). The van der Waals surface area contributed by atoms with Gasteiger partial charge in [0.15, 0.2) is 0 Å². The lowest BCUT2D eigenvalue weighted by molar-refractivity contribution is 0.407. The molecule has 0 aliphatic rings. The zero-order valence-electron chi connectivity index (χ0n) is 10.4. The van der Waals surface area contributed by atoms with E-state index in [1.54, 1.807) is 19.5 Å². The van der Waals surface area contributed by atoms with Crippen LogP contribution in [0.1, 0.15) is 24.2 Å². The molecule has 1 unspecified atom stereocenters. The largest absolute Gasteiger partial charge is 0.496 e. The lowest BCUT2D eigenvalue weighted by Crippen LogP contribution is -1.96. The van der Waals surface area contributed by atoms with Crippen molar-refractivity contribution in [2.75, 3.05) is 7.11 Å². The van der Waals surface area contributed by atoms with Gasteiger partial charge in [-0.15, -0.1) is 0 Å². The number of para-hydroxylation sites is 1. The van der Waals surface area contributed by atoms with E-state index < -0.39 is 0 Å². The van der Waals surface area contributed by atoms with Crippen LogP contribution in [0.5, 0.6) is 5.75 Å². The van der Waals surface area contributed by atoms with Crippen molar-refractivity contribution in [3.05, 3.63) is 54.1 Å². The third-order valence-electron chi connectivity index (χ3n) is 2.62. The summed E-state index contributed by atoms with van der Waals surface area (Å²) in [6.07, 6.45) is 4.95. The van der Waals surface area contributed by atoms with Crippen LogP contribution in [0.4, 0.5) is 0 Å². The molecule has 0 saturated carbocycles. The van der Waals surface area contributed by atoms with Crippen LogP contribution in [0, 0.1) is 0 Å². The van der Waals surface area contributed by atoms with Crippen LogP contribution >= 0.6 is 0 Å². The summed E-state index contributed by atoms with van der Waals surface area (Å²) < 4.78 is 5.32. The first kappa shape index (κ1) is 12.2. The predicted octanol–water partition coefficient (Wildman–Crippen LogP) is 2.67. The SMILES string of the molecule is COc1ccccc1C(C)/N=C/c1ccncn1. The van der Waals surface area contributed by atoms with Crippen LogP contribution in [0.2, 0.25) is 0 Å². The number of benzene rings is 1. The van der Waals surface area contributed by atoms with E-state index in [1.165, 1.54) is 6.33 Å². The molecule has 2 aromatic rings. The second-order valence-electron chi connectivity index (χ2n) is 3.83. The highest BCUT2D eigenvalue weighted by molar-refractivity contribution is 5.76. The number of methoxy groups -OCH3 is 1. The second kappa shape index (κ2) is 5.91. The van der Waals surface area contributed by atoms with Crippen LogP contribution in [-0.2, 0) is 0 Å². The molecule has 0 saturated heterocycles. The third-order valence-corrected chi connectivity index (χ3v) is 2.62. The van der Waals surface area contributed by atoms with Crippen LogP contribution in [0.3, 0.4) is 0 Å². The molecule has 1 atom stereocenters. The Morgan fingerprint density at radius 3 is 2.83 bits per heavy atom. The quantitative estimate of drug-likeness (QED) is 0.773. The molecule has 0 aliphatic carbocycles. The van der Waals surface area contributed by atoms with Gasteiger partial charge in [0, 0.05) is 18.0 Å². The van der Waals surface area contributed by atoms with Crippen molar-refractivity contribution in [3.63, 3.8) is 0 Å². The van der Waals surface area contributed by atoms with Gasteiger partial charge in [-0.25, -0.2) is 9.97 Å². The molecule has 1 aromatic carbocycles. The van der Waals surface area contributed by atoms with Crippen molar-refractivity contribution in [2.45, 2.75) is 13.0 Å². The van der Waals surface area contributed by atoms with Gasteiger partial charge >= 0.3 is 0 Å². The highest BCUT2D eigenvalue weighted by Crippen LogP contribution is 2.26. The Morgan fingerprint density at radius 1 is 1.28 bits per heavy atom. The minimum absolute atomic E-state index is 0.0242. The maximum absolute atomic E-state index is 5.32. The summed E-state index contributed by atoms with van der Waals surface area (Å²) >= 11 is 0. The molecule has 92 valence electrons. The topological polar surface area (TPSA) is 47.4 Å². The van der Waals surface area contributed by atoms with Gasteiger partial charge in [0.25, 0.3) is 0 Å². The normalized spacial score (nSPS) is 12.6. The van der Waals surface area contributed by atoms with Crippen LogP contribution in [0.15, 0.2) is 47.8 Å². The summed E-state index contributed by atoms with van der Waals surface area (Å²) in [5, 5.41) is 0. The molecule has 4 heteroatoms. The molecule has 0 radical (unpaired) electrons. The lowest BCUT2D eigenvalue weighted by Gasteiger charge is -2.11. The van der Waals surface area contributed by atoms with Crippen molar-refractivity contribution >= 4 is 6.21 Å². The Labute approximate surface area is 106 Å². The number of aliphatic imine (C=N–C) groups is 1. The van der Waals surface area contributed by atoms with E-state index in [-0.39, 0.29) is 6.04 Å². The van der Waals surface area contributed by atoms with Crippen molar-refractivity contribution in [1.29, 1.82) is 0 Å². The Kier molecular flexibility index (Phi) is 4.02. The third kappa shape index (κ3) is 2.91. The van der Waals surface area contributed by atoms with E-state index in [0.29, 0.717) is 0 Å². The Bertz CT molecular complexity index is 526. The molecule has 4 nitrogen and oxygen atoms in total. The molecule has 0 aliphatic heterocycles. The van der Waals surface area contributed by atoms with Gasteiger partial charge in [0.2, 0.25) is 0 Å². The fourth-order valence-corrected chi connectivity index (χ4v) is 1.66. The van der Waals surface area contributed by atoms with Crippen LogP contribution < -0.4 is 4.74 Å². The molecule has 18 heavy (non-hydrogen) atoms. The van der Waals surface area contributed by atoms with E-state index in [9.17, 15) is 0 Å². The Balaban J connectivity index is 2.17. The number of ether oxygens (including phenoxy) is 1. The maximum atomic E-state index is 5.32. The monoisotopic (exact) mass is 241 g/mol. The van der Waals surface area contributed by atoms with Gasteiger partial charge in [-0.05, 0) is 19.1 Å². The fraction of sp³-hybridized carbons (Fsp3) is 0.214. The molecular formula is C14H15N3O. The first-order valence-electron chi connectivity index (χ1n) is 5.73. The van der Waals surface area contributed by atoms with E-state index >= 15 is 0 Å². The van der Waals surface area contributed by atoms with Crippen molar-refractivity contribution in [3.8, 4) is 5.75 Å². The molecule has 1 aromatic heterocycles. The minimum atomic E-state index is 0.0242. The summed E-state index contributed by atoms with van der Waals surface area (Å²) in [5.74, 6) is 0.852. The molecule has 0 amide bonds. The Hall–Kier alpha value is -2.23. The van der Waals surface area contributed by atoms with Crippen molar-refractivity contribution < 1.29 is 4.74 Å². The standard InChI is InChI=1S/C14H15N3O/c1-11(13-5-3-4-6-14(13)18-2)16-9-12-7-8-15-10-17-12/h3-11H,1-2H3/b16-9+. The van der Waals surface area contributed by atoms with Gasteiger partial charge in [-0.3, -0.25) is 4.99 Å². The lowest BCUT2D eigenvalue weighted by atomic mass is 10.1. The maximum Gasteiger partial charge on any atom is 0.124 e. The molecule has 0 bridgehead atoms. The number of rotatable bonds is 4. The highest BCUT2D eigenvalue weighted by atomic mass is 16.5. The average molecular weight is 241 g/mol. The molecule has 0 fully saturated rings. The Morgan fingerprint density at radius 2 is 2.11 bits per heavy atom. The number of nitrogens with zero attached hydrogens (tertiary/aromatic N) is 3. The minimum Gasteiger partial charge on any atom is -0.496 e. The smallest absolute Gasteiger partial charge is 0.124 e. The van der Waals surface area contributed by atoms with E-state index in [4.69, 9.17) is 4.74 Å². The summed E-state index contributed by atoms with van der Waals surface area (Å²) in [6.45, 7) is 2.02. The number of hydrogen-bond donors (Lipinski definition) is 0. The van der Waals surface area contributed by atoms with Gasteiger partial charge in [0.05, 0.1) is 18.8 Å². The number of aromatic nitrogens is 2. The molecule has 0 spiro atoms. The highest BCUT2D eigenvalue weighted by Gasteiger charge is 2.08. The van der Waals surface area contributed by atoms with E-state index in [0.717, 1.165) is 17.0 Å². The number of hydrogen-bond acceptors (Lipinski definition) is 4. The average Bonchev–Trinajstić information content (AvgIpc) is 2.45. The fourth-order valence-electron chi connectivity index (χ4n) is 1.66. The zero-order chi connectivity index (χ0) is 12.8. The summed E-state index contributed by atoms with van der Waals surface area (Å²) in [4.78, 5) is 12.4. The molecular weight excluding hydrogens is 226 g/mol. The summed E-state index contributed by atoms with van der Waals surface area (Å²) in [7, 11) is 1.67. The summed E-state index contributed by atoms with van der Waals surface area (Å²) in [6, 6.07) is 9.72. The van der Waals surface area contributed by atoms with Gasteiger partial charge < -0.3 is 4.74 Å². The molecule has 1 heterocycles.